The molecule has 0 heterocycles. The number of aliphatic hydroxyl groups is 1. The first-order valence-corrected chi connectivity index (χ1v) is 14.8. The minimum absolute atomic E-state index is 0.136. The Morgan fingerprint density at radius 3 is 2.20 bits per heavy atom. The zero-order chi connectivity index (χ0) is 25.5. The highest BCUT2D eigenvalue weighted by Crippen LogP contribution is 2.19. The molecule has 0 aliphatic carbocycles. The molecule has 0 saturated carbocycles. The first-order chi connectivity index (χ1) is 16.9. The second-order valence-electron chi connectivity index (χ2n) is 8.45. The van der Waals surface area contributed by atoms with Crippen LogP contribution < -0.4 is 10.6 Å². The van der Waals surface area contributed by atoms with Crippen molar-refractivity contribution in [3.05, 3.63) is 66.2 Å². The molecule has 35 heavy (non-hydrogen) atoms. The van der Waals surface area contributed by atoms with E-state index in [0.29, 0.717) is 31.9 Å². The van der Waals surface area contributed by atoms with E-state index in [1.807, 2.05) is 74.5 Å². The van der Waals surface area contributed by atoms with Crippen LogP contribution >= 0.6 is 11.8 Å². The minimum Gasteiger partial charge on any atom is -0.390 e. The molecule has 2 aromatic rings. The molecule has 0 aromatic heterocycles. The first-order valence-electron chi connectivity index (χ1n) is 12.2. The van der Waals surface area contributed by atoms with Crippen LogP contribution in [-0.4, -0.2) is 67.0 Å². The Morgan fingerprint density at radius 2 is 1.60 bits per heavy atom. The summed E-state index contributed by atoms with van der Waals surface area (Å²) in [6, 6.07) is 19.1. The lowest BCUT2D eigenvalue weighted by molar-refractivity contribution is -0.122. The standard InChI is InChI=1S/C26H39N3O4S2/c1-3-16-29(17-4-2)35(32,33)18-15-26(31)28-24(21-34-23-13-9-6-10-14-23)25(30)20-27-19-22-11-7-5-8-12-22/h5-14,24-25,27,30H,3-4,15-21H2,1-2H3,(H,28,31)/t24-,25+/m0/s1. The Labute approximate surface area is 214 Å². The molecule has 2 atom stereocenters. The number of carbonyl (C=O) groups is 1. The predicted octanol–water partition coefficient (Wildman–Crippen LogP) is 3.26. The average molecular weight is 522 g/mol. The van der Waals surface area contributed by atoms with Crippen LogP contribution in [0.4, 0.5) is 0 Å². The summed E-state index contributed by atoms with van der Waals surface area (Å²) < 4.78 is 26.9. The molecule has 0 bridgehead atoms. The molecule has 0 radical (unpaired) electrons. The topological polar surface area (TPSA) is 98.7 Å². The predicted molar refractivity (Wildman–Crippen MR) is 144 cm³/mol. The zero-order valence-corrected chi connectivity index (χ0v) is 22.4. The number of amides is 1. The van der Waals surface area contributed by atoms with Gasteiger partial charge in [0.2, 0.25) is 15.9 Å². The summed E-state index contributed by atoms with van der Waals surface area (Å²) in [5.74, 6) is -0.143. The Balaban J connectivity index is 1.95. The Morgan fingerprint density at radius 1 is 1.00 bits per heavy atom. The Hall–Kier alpha value is -1.91. The van der Waals surface area contributed by atoms with E-state index in [-0.39, 0.29) is 18.1 Å². The van der Waals surface area contributed by atoms with E-state index in [1.54, 1.807) is 11.8 Å². The number of nitrogens with zero attached hydrogens (tertiary/aromatic N) is 1. The van der Waals surface area contributed by atoms with Crippen molar-refractivity contribution in [1.29, 1.82) is 0 Å². The summed E-state index contributed by atoms with van der Waals surface area (Å²) >= 11 is 1.54. The van der Waals surface area contributed by atoms with Gasteiger partial charge in [0, 0.05) is 43.2 Å². The quantitative estimate of drug-likeness (QED) is 0.277. The summed E-state index contributed by atoms with van der Waals surface area (Å²) in [7, 11) is -3.51. The number of carbonyl (C=O) groups excluding carboxylic acids is 1. The van der Waals surface area contributed by atoms with Crippen LogP contribution in [0.3, 0.4) is 0 Å². The second kappa shape index (κ2) is 16.0. The van der Waals surface area contributed by atoms with E-state index in [2.05, 4.69) is 10.6 Å². The van der Waals surface area contributed by atoms with E-state index in [9.17, 15) is 18.3 Å². The maximum absolute atomic E-state index is 12.7. The number of hydrogen-bond acceptors (Lipinski definition) is 6. The van der Waals surface area contributed by atoms with Gasteiger partial charge in [0.05, 0.1) is 17.9 Å². The largest absolute Gasteiger partial charge is 0.390 e. The molecule has 0 spiro atoms. The molecule has 0 aliphatic heterocycles. The van der Waals surface area contributed by atoms with Crippen molar-refractivity contribution < 1.29 is 18.3 Å². The summed E-state index contributed by atoms with van der Waals surface area (Å²) in [6.07, 6.45) is 0.494. The smallest absolute Gasteiger partial charge is 0.221 e. The fourth-order valence-corrected chi connectivity index (χ4v) is 6.22. The highest BCUT2D eigenvalue weighted by molar-refractivity contribution is 7.99. The first kappa shape index (κ1) is 29.3. The molecular weight excluding hydrogens is 482 g/mol. The van der Waals surface area contributed by atoms with Gasteiger partial charge in [-0.3, -0.25) is 4.79 Å². The highest BCUT2D eigenvalue weighted by atomic mass is 32.2. The summed E-state index contributed by atoms with van der Waals surface area (Å²) in [5.41, 5.74) is 1.10. The molecule has 2 rings (SSSR count). The van der Waals surface area contributed by atoms with Crippen molar-refractivity contribution in [2.45, 2.75) is 56.7 Å². The van der Waals surface area contributed by atoms with Gasteiger partial charge in [-0.15, -0.1) is 11.8 Å². The molecule has 0 saturated heterocycles. The van der Waals surface area contributed by atoms with E-state index in [0.717, 1.165) is 23.3 Å². The minimum atomic E-state index is -3.51. The molecule has 3 N–H and O–H groups in total. The van der Waals surface area contributed by atoms with Crippen LogP contribution in [0.25, 0.3) is 0 Å². The third-order valence-electron chi connectivity index (χ3n) is 5.44. The summed E-state index contributed by atoms with van der Waals surface area (Å²) in [6.45, 7) is 5.70. The molecule has 9 heteroatoms. The fourth-order valence-electron chi connectivity index (χ4n) is 3.57. The van der Waals surface area contributed by atoms with Crippen molar-refractivity contribution in [3.8, 4) is 0 Å². The van der Waals surface area contributed by atoms with Crippen molar-refractivity contribution in [2.75, 3.05) is 31.1 Å². The van der Waals surface area contributed by atoms with Gasteiger partial charge in [-0.1, -0.05) is 62.4 Å². The molecule has 0 unspecified atom stereocenters. The molecule has 194 valence electrons. The highest BCUT2D eigenvalue weighted by Gasteiger charge is 2.25. The Kier molecular flexibility index (Phi) is 13.4. The van der Waals surface area contributed by atoms with E-state index >= 15 is 0 Å². The van der Waals surface area contributed by atoms with Crippen LogP contribution in [-0.2, 0) is 21.4 Å². The molecule has 0 aliphatic rings. The van der Waals surface area contributed by atoms with Crippen molar-refractivity contribution >= 4 is 27.7 Å². The summed E-state index contributed by atoms with van der Waals surface area (Å²) in [5, 5.41) is 17.0. The van der Waals surface area contributed by atoms with Gasteiger partial charge in [0.25, 0.3) is 0 Å². The number of thioether (sulfide) groups is 1. The molecule has 2 aromatic carbocycles. The molecule has 0 fully saturated rings. The van der Waals surface area contributed by atoms with Crippen LogP contribution in [0, 0.1) is 0 Å². The lowest BCUT2D eigenvalue weighted by Gasteiger charge is -2.25. The second-order valence-corrected chi connectivity index (χ2v) is 11.6. The number of benzene rings is 2. The van der Waals surface area contributed by atoms with Crippen LogP contribution in [0.1, 0.15) is 38.7 Å². The van der Waals surface area contributed by atoms with Gasteiger partial charge < -0.3 is 15.7 Å². The monoisotopic (exact) mass is 521 g/mol. The number of rotatable bonds is 17. The lowest BCUT2D eigenvalue weighted by atomic mass is 10.1. The zero-order valence-electron chi connectivity index (χ0n) is 20.7. The maximum atomic E-state index is 12.7. The van der Waals surface area contributed by atoms with E-state index in [4.69, 9.17) is 0 Å². The molecule has 7 nitrogen and oxygen atoms in total. The third kappa shape index (κ3) is 11.1. The van der Waals surface area contributed by atoms with Crippen molar-refractivity contribution in [3.63, 3.8) is 0 Å². The van der Waals surface area contributed by atoms with E-state index in [1.165, 1.54) is 4.31 Å². The van der Waals surface area contributed by atoms with Gasteiger partial charge in [-0.05, 0) is 30.5 Å². The summed E-state index contributed by atoms with van der Waals surface area (Å²) in [4.78, 5) is 13.8. The van der Waals surface area contributed by atoms with Crippen LogP contribution in [0.15, 0.2) is 65.6 Å². The number of nitrogens with one attached hydrogen (secondary N) is 2. The Bertz CT molecular complexity index is 953. The molecular formula is C26H39N3O4S2. The normalized spacial score (nSPS) is 13.5. The van der Waals surface area contributed by atoms with Crippen molar-refractivity contribution in [1.82, 2.24) is 14.9 Å². The number of aliphatic hydroxyl groups excluding tert-OH is 1. The van der Waals surface area contributed by atoms with Gasteiger partial charge >= 0.3 is 0 Å². The van der Waals surface area contributed by atoms with Gasteiger partial charge in [0.15, 0.2) is 0 Å². The van der Waals surface area contributed by atoms with Crippen LogP contribution in [0.5, 0.6) is 0 Å². The van der Waals surface area contributed by atoms with Crippen molar-refractivity contribution in [2.24, 2.45) is 0 Å². The fraction of sp³-hybridized carbons (Fsp3) is 0.500. The number of sulfonamides is 1. The van der Waals surface area contributed by atoms with Crippen LogP contribution in [0.2, 0.25) is 0 Å². The third-order valence-corrected chi connectivity index (χ3v) is 8.44. The maximum Gasteiger partial charge on any atom is 0.221 e. The number of hydrogen-bond donors (Lipinski definition) is 3. The van der Waals surface area contributed by atoms with E-state index < -0.39 is 22.2 Å². The molecule has 1 amide bonds. The van der Waals surface area contributed by atoms with Gasteiger partial charge in [0.1, 0.15) is 0 Å². The lowest BCUT2D eigenvalue weighted by Crippen LogP contribution is -2.49. The van der Waals surface area contributed by atoms with Gasteiger partial charge in [-0.25, -0.2) is 12.7 Å². The SMILES string of the molecule is CCCN(CCC)S(=O)(=O)CCC(=O)N[C@@H](CSc1ccccc1)[C@H](O)CNCc1ccccc1. The average Bonchev–Trinajstić information content (AvgIpc) is 2.86. The van der Waals surface area contributed by atoms with Gasteiger partial charge in [-0.2, -0.15) is 0 Å².